The molecule has 0 saturated carbocycles. The predicted molar refractivity (Wildman–Crippen MR) is 81.6 cm³/mol. The molecule has 0 saturated heterocycles. The highest BCUT2D eigenvalue weighted by molar-refractivity contribution is 5.25. The molecule has 2 rings (SSSR count). The van der Waals surface area contributed by atoms with Crippen LogP contribution in [0.25, 0.3) is 0 Å². The van der Waals surface area contributed by atoms with Gasteiger partial charge in [0, 0.05) is 13.7 Å². The van der Waals surface area contributed by atoms with E-state index >= 15 is 0 Å². The summed E-state index contributed by atoms with van der Waals surface area (Å²) >= 11 is 0. The molecule has 2 atom stereocenters. The molecule has 2 unspecified atom stereocenters. The highest BCUT2D eigenvalue weighted by Gasteiger charge is 2.25. The van der Waals surface area contributed by atoms with Gasteiger partial charge in [0.25, 0.3) is 0 Å². The van der Waals surface area contributed by atoms with Crippen LogP contribution >= 0.6 is 0 Å². The number of hydrogen-bond acceptors (Lipinski definition) is 2. The minimum atomic E-state index is -0.0925. The van der Waals surface area contributed by atoms with Crippen molar-refractivity contribution < 1.29 is 9.47 Å². The first-order valence-corrected chi connectivity index (χ1v) is 7.11. The highest BCUT2D eigenvalue weighted by Crippen LogP contribution is 2.34. The van der Waals surface area contributed by atoms with Gasteiger partial charge < -0.3 is 9.47 Å². The summed E-state index contributed by atoms with van der Waals surface area (Å²) in [5.74, 6) is 0. The van der Waals surface area contributed by atoms with Gasteiger partial charge in [-0.3, -0.25) is 0 Å². The summed E-state index contributed by atoms with van der Waals surface area (Å²) in [7, 11) is 1.74. The lowest BCUT2D eigenvalue weighted by molar-refractivity contribution is -0.0607. The average Bonchev–Trinajstić information content (AvgIpc) is 2.53. The molecule has 106 valence electrons. The number of ether oxygens (including phenoxy) is 2. The van der Waals surface area contributed by atoms with Crippen molar-refractivity contribution in [3.8, 4) is 0 Å². The molecule has 0 aliphatic heterocycles. The zero-order valence-electron chi connectivity index (χ0n) is 12.2. The fourth-order valence-corrected chi connectivity index (χ4v) is 2.32. The van der Waals surface area contributed by atoms with Gasteiger partial charge in [0.1, 0.15) is 12.2 Å². The molecule has 0 amide bonds. The Kier molecular flexibility index (Phi) is 5.78. The van der Waals surface area contributed by atoms with Crippen LogP contribution in [0.5, 0.6) is 0 Å². The first-order chi connectivity index (χ1) is 9.86. The Morgan fingerprint density at radius 2 is 1.30 bits per heavy atom. The summed E-state index contributed by atoms with van der Waals surface area (Å²) in [6, 6.07) is 20.5. The molecule has 2 aromatic carbocycles. The average molecular weight is 270 g/mol. The van der Waals surface area contributed by atoms with Crippen molar-refractivity contribution in [3.05, 3.63) is 71.8 Å². The van der Waals surface area contributed by atoms with Gasteiger partial charge in [-0.1, -0.05) is 67.6 Å². The lowest BCUT2D eigenvalue weighted by Gasteiger charge is -2.27. The monoisotopic (exact) mass is 270 g/mol. The third-order valence-corrected chi connectivity index (χ3v) is 3.29. The fourth-order valence-electron chi connectivity index (χ4n) is 2.32. The van der Waals surface area contributed by atoms with Crippen LogP contribution in [0.2, 0.25) is 0 Å². The molecule has 0 N–H and O–H groups in total. The fraction of sp³-hybridized carbons (Fsp3) is 0.333. The Morgan fingerprint density at radius 3 is 1.75 bits per heavy atom. The maximum Gasteiger partial charge on any atom is 0.113 e. The zero-order chi connectivity index (χ0) is 14.2. The van der Waals surface area contributed by atoms with E-state index in [-0.39, 0.29) is 12.2 Å². The molecular weight excluding hydrogens is 248 g/mol. The largest absolute Gasteiger partial charge is 0.374 e. The smallest absolute Gasteiger partial charge is 0.113 e. The quantitative estimate of drug-likeness (QED) is 0.735. The molecule has 0 aromatic heterocycles. The predicted octanol–water partition coefficient (Wildman–Crippen LogP) is 4.54. The van der Waals surface area contributed by atoms with Gasteiger partial charge in [-0.05, 0) is 17.5 Å². The second-order valence-electron chi connectivity index (χ2n) is 4.77. The van der Waals surface area contributed by atoms with Gasteiger partial charge in [0.2, 0.25) is 0 Å². The van der Waals surface area contributed by atoms with Gasteiger partial charge in [0.05, 0.1) is 0 Å². The minimum Gasteiger partial charge on any atom is -0.374 e. The molecule has 0 aliphatic rings. The Bertz CT molecular complexity index is 481. The van der Waals surface area contributed by atoms with E-state index in [1.165, 1.54) is 0 Å². The Labute approximate surface area is 121 Å². The molecule has 0 fully saturated rings. The normalized spacial score (nSPS) is 13.9. The summed E-state index contributed by atoms with van der Waals surface area (Å²) in [4.78, 5) is 0. The van der Waals surface area contributed by atoms with Crippen molar-refractivity contribution in [2.45, 2.75) is 25.6 Å². The third-order valence-electron chi connectivity index (χ3n) is 3.29. The Balaban J connectivity index is 2.29. The molecule has 2 heteroatoms. The summed E-state index contributed by atoms with van der Waals surface area (Å²) in [5, 5.41) is 0. The van der Waals surface area contributed by atoms with Crippen LogP contribution in [0.3, 0.4) is 0 Å². The molecule has 20 heavy (non-hydrogen) atoms. The zero-order valence-corrected chi connectivity index (χ0v) is 12.2. The van der Waals surface area contributed by atoms with E-state index < -0.39 is 0 Å². The van der Waals surface area contributed by atoms with Crippen LogP contribution in [0, 0.1) is 0 Å². The summed E-state index contributed by atoms with van der Waals surface area (Å²) < 4.78 is 11.8. The van der Waals surface area contributed by atoms with E-state index in [9.17, 15) is 0 Å². The SMILES string of the molecule is CCCOC(c1ccccc1)C(OC)c1ccccc1. The lowest BCUT2D eigenvalue weighted by Crippen LogP contribution is -2.17. The lowest BCUT2D eigenvalue weighted by atomic mass is 9.98. The molecule has 0 spiro atoms. The molecule has 2 nitrogen and oxygen atoms in total. The van der Waals surface area contributed by atoms with Gasteiger partial charge in [-0.15, -0.1) is 0 Å². The van der Waals surface area contributed by atoms with Gasteiger partial charge in [-0.25, -0.2) is 0 Å². The standard InChI is InChI=1S/C18H22O2/c1-3-14-20-18(16-12-8-5-9-13-16)17(19-2)15-10-6-4-7-11-15/h4-13,17-18H,3,14H2,1-2H3. The van der Waals surface area contributed by atoms with E-state index in [1.54, 1.807) is 7.11 Å². The molecule has 0 aliphatic carbocycles. The summed E-state index contributed by atoms with van der Waals surface area (Å²) in [5.41, 5.74) is 2.29. The van der Waals surface area contributed by atoms with Crippen LogP contribution in [0.15, 0.2) is 60.7 Å². The number of rotatable bonds is 7. The maximum absolute atomic E-state index is 6.06. The second kappa shape index (κ2) is 7.83. The molecule has 2 aromatic rings. The van der Waals surface area contributed by atoms with Crippen molar-refractivity contribution in [1.29, 1.82) is 0 Å². The van der Waals surface area contributed by atoms with E-state index in [0.717, 1.165) is 24.2 Å². The van der Waals surface area contributed by atoms with E-state index in [0.29, 0.717) is 0 Å². The number of methoxy groups -OCH3 is 1. The topological polar surface area (TPSA) is 18.5 Å². The minimum absolute atomic E-state index is 0.0800. The number of hydrogen-bond donors (Lipinski definition) is 0. The number of benzene rings is 2. The van der Waals surface area contributed by atoms with Crippen molar-refractivity contribution in [2.75, 3.05) is 13.7 Å². The van der Waals surface area contributed by atoms with Crippen molar-refractivity contribution in [3.63, 3.8) is 0 Å². The Morgan fingerprint density at radius 1 is 0.800 bits per heavy atom. The van der Waals surface area contributed by atoms with Crippen molar-refractivity contribution in [2.24, 2.45) is 0 Å². The second-order valence-corrected chi connectivity index (χ2v) is 4.77. The van der Waals surface area contributed by atoms with Crippen LogP contribution in [-0.2, 0) is 9.47 Å². The van der Waals surface area contributed by atoms with Crippen molar-refractivity contribution in [1.82, 2.24) is 0 Å². The van der Waals surface area contributed by atoms with Gasteiger partial charge in [-0.2, -0.15) is 0 Å². The van der Waals surface area contributed by atoms with Crippen LogP contribution in [0.4, 0.5) is 0 Å². The molecule has 0 bridgehead atoms. The summed E-state index contributed by atoms with van der Waals surface area (Å²) in [6.07, 6.45) is 0.822. The van der Waals surface area contributed by atoms with E-state index in [1.807, 2.05) is 36.4 Å². The van der Waals surface area contributed by atoms with Crippen LogP contribution in [-0.4, -0.2) is 13.7 Å². The first-order valence-electron chi connectivity index (χ1n) is 7.11. The van der Waals surface area contributed by atoms with Crippen LogP contribution < -0.4 is 0 Å². The molecule has 0 radical (unpaired) electrons. The Hall–Kier alpha value is -1.64. The summed E-state index contributed by atoms with van der Waals surface area (Å²) in [6.45, 7) is 2.85. The maximum atomic E-state index is 6.06. The highest BCUT2D eigenvalue weighted by atomic mass is 16.5. The van der Waals surface area contributed by atoms with E-state index in [2.05, 4.69) is 31.2 Å². The third kappa shape index (κ3) is 3.69. The molecular formula is C18H22O2. The van der Waals surface area contributed by atoms with E-state index in [4.69, 9.17) is 9.47 Å². The van der Waals surface area contributed by atoms with Crippen molar-refractivity contribution >= 4 is 0 Å². The van der Waals surface area contributed by atoms with Gasteiger partial charge >= 0.3 is 0 Å². The van der Waals surface area contributed by atoms with Crippen LogP contribution in [0.1, 0.15) is 36.7 Å². The first kappa shape index (κ1) is 14.8. The van der Waals surface area contributed by atoms with Gasteiger partial charge in [0.15, 0.2) is 0 Å². The molecule has 0 heterocycles.